The first-order valence-electron chi connectivity index (χ1n) is 10.2. The van der Waals surface area contributed by atoms with Crippen molar-refractivity contribution in [2.75, 3.05) is 20.7 Å². The molecule has 0 radical (unpaired) electrons. The number of nitrogens with zero attached hydrogens (tertiary/aromatic N) is 1. The van der Waals surface area contributed by atoms with Crippen LogP contribution in [0.2, 0.25) is 0 Å². The second-order valence-corrected chi connectivity index (χ2v) is 10.0. The van der Waals surface area contributed by atoms with Gasteiger partial charge in [0.25, 0.3) is 0 Å². The second kappa shape index (κ2) is 7.69. The lowest BCUT2D eigenvalue weighted by Crippen LogP contribution is -2.54. The van der Waals surface area contributed by atoms with Crippen molar-refractivity contribution >= 4 is 27.7 Å². The number of ether oxygens (including phenoxy) is 1. The fourth-order valence-corrected chi connectivity index (χ4v) is 6.49. The van der Waals surface area contributed by atoms with E-state index in [9.17, 15) is 9.59 Å². The monoisotopic (exact) mass is 448 g/mol. The summed E-state index contributed by atoms with van der Waals surface area (Å²) in [5.74, 6) is 2.94. The molecule has 1 N–H and O–H groups in total. The molecule has 4 fully saturated rings. The van der Waals surface area contributed by atoms with Crippen LogP contribution in [0.25, 0.3) is 0 Å². The molecule has 6 heteroatoms. The molecule has 28 heavy (non-hydrogen) atoms. The Morgan fingerprint density at radius 2 is 1.79 bits per heavy atom. The molecular formula is C22H29BrN2O3. The molecule has 4 aliphatic carbocycles. The van der Waals surface area contributed by atoms with E-state index < -0.39 is 0 Å². The highest BCUT2D eigenvalue weighted by Gasteiger charge is 2.54. The predicted molar refractivity (Wildman–Crippen MR) is 111 cm³/mol. The average Bonchev–Trinajstić information content (AvgIpc) is 2.64. The summed E-state index contributed by atoms with van der Waals surface area (Å²) in [6.07, 6.45) is 6.98. The highest BCUT2D eigenvalue weighted by atomic mass is 79.9. The van der Waals surface area contributed by atoms with Gasteiger partial charge in [-0.2, -0.15) is 0 Å². The van der Waals surface area contributed by atoms with Gasteiger partial charge in [-0.1, -0.05) is 15.9 Å². The second-order valence-electron chi connectivity index (χ2n) is 9.09. The maximum atomic E-state index is 13.0. The van der Waals surface area contributed by atoms with Crippen molar-refractivity contribution in [2.45, 2.75) is 45.1 Å². The van der Waals surface area contributed by atoms with Crippen LogP contribution in [0, 0.1) is 23.2 Å². The largest absolute Gasteiger partial charge is 0.496 e. The number of rotatable bonds is 6. The third-order valence-electron chi connectivity index (χ3n) is 7.00. The maximum absolute atomic E-state index is 13.0. The van der Waals surface area contributed by atoms with Crippen LogP contribution in [0.15, 0.2) is 22.7 Å². The molecule has 0 aromatic heterocycles. The Morgan fingerprint density at radius 1 is 1.18 bits per heavy atom. The SMILES string of the molecule is COc1ccc(Br)cc1CN(C)C(=O)CNC(=O)C12CC3CC(CC(C3)C1)C2. The molecule has 4 aliphatic rings. The Balaban J connectivity index is 1.34. The third kappa shape index (κ3) is 3.80. The Hall–Kier alpha value is -1.56. The lowest BCUT2D eigenvalue weighted by molar-refractivity contribution is -0.147. The lowest BCUT2D eigenvalue weighted by Gasteiger charge is -2.55. The molecule has 4 bridgehead atoms. The molecule has 1 aromatic rings. The number of hydrogen-bond acceptors (Lipinski definition) is 3. The first-order valence-corrected chi connectivity index (χ1v) is 11.0. The van der Waals surface area contributed by atoms with E-state index in [-0.39, 0.29) is 23.8 Å². The first kappa shape index (κ1) is 19.7. The number of methoxy groups -OCH3 is 1. The van der Waals surface area contributed by atoms with Crippen LogP contribution in [0.4, 0.5) is 0 Å². The van der Waals surface area contributed by atoms with Crippen LogP contribution in [0.1, 0.15) is 44.1 Å². The molecule has 1 aromatic carbocycles. The smallest absolute Gasteiger partial charge is 0.242 e. The Labute approximate surface area is 175 Å². The molecule has 0 spiro atoms. The van der Waals surface area contributed by atoms with Gasteiger partial charge < -0.3 is 15.0 Å². The summed E-state index contributed by atoms with van der Waals surface area (Å²) in [5, 5.41) is 2.98. The number of nitrogens with one attached hydrogen (secondary N) is 1. The van der Waals surface area contributed by atoms with E-state index in [2.05, 4.69) is 21.2 Å². The normalized spacial score (nSPS) is 30.2. The van der Waals surface area contributed by atoms with Crippen molar-refractivity contribution in [3.63, 3.8) is 0 Å². The van der Waals surface area contributed by atoms with E-state index in [1.165, 1.54) is 19.3 Å². The highest BCUT2D eigenvalue weighted by molar-refractivity contribution is 9.10. The highest BCUT2D eigenvalue weighted by Crippen LogP contribution is 2.60. The number of benzene rings is 1. The van der Waals surface area contributed by atoms with Gasteiger partial charge in [0.2, 0.25) is 11.8 Å². The Kier molecular flexibility index (Phi) is 5.43. The summed E-state index contributed by atoms with van der Waals surface area (Å²) < 4.78 is 6.33. The summed E-state index contributed by atoms with van der Waals surface area (Å²) >= 11 is 3.46. The summed E-state index contributed by atoms with van der Waals surface area (Å²) in [4.78, 5) is 27.3. The van der Waals surface area contributed by atoms with Gasteiger partial charge in [0.15, 0.2) is 0 Å². The number of hydrogen-bond donors (Lipinski definition) is 1. The minimum atomic E-state index is -0.207. The van der Waals surface area contributed by atoms with Crippen LogP contribution >= 0.6 is 15.9 Å². The van der Waals surface area contributed by atoms with Crippen molar-refractivity contribution in [3.8, 4) is 5.75 Å². The van der Waals surface area contributed by atoms with Crippen LogP contribution < -0.4 is 10.1 Å². The molecule has 0 aliphatic heterocycles. The van der Waals surface area contributed by atoms with Crippen molar-refractivity contribution in [3.05, 3.63) is 28.2 Å². The maximum Gasteiger partial charge on any atom is 0.242 e. The Bertz CT molecular complexity index is 744. The van der Waals surface area contributed by atoms with Crippen LogP contribution in [-0.4, -0.2) is 37.4 Å². The third-order valence-corrected chi connectivity index (χ3v) is 7.49. The number of halogens is 1. The molecule has 2 amide bonds. The van der Waals surface area contributed by atoms with Gasteiger partial charge in [-0.05, 0) is 74.5 Å². The number of likely N-dealkylation sites (N-methyl/N-ethyl adjacent to an activating group) is 1. The van der Waals surface area contributed by atoms with Crippen molar-refractivity contribution in [1.29, 1.82) is 0 Å². The lowest BCUT2D eigenvalue weighted by atomic mass is 9.49. The number of carbonyl (C=O) groups excluding carboxylic acids is 2. The molecule has 152 valence electrons. The zero-order valence-corrected chi connectivity index (χ0v) is 18.3. The summed E-state index contributed by atoms with van der Waals surface area (Å²) in [6.45, 7) is 0.502. The van der Waals surface area contributed by atoms with Crippen LogP contribution in [0.5, 0.6) is 5.75 Å². The zero-order chi connectivity index (χ0) is 19.9. The van der Waals surface area contributed by atoms with Gasteiger partial charge in [-0.15, -0.1) is 0 Å². The van der Waals surface area contributed by atoms with E-state index in [1.807, 2.05) is 18.2 Å². The van der Waals surface area contributed by atoms with E-state index >= 15 is 0 Å². The zero-order valence-electron chi connectivity index (χ0n) is 16.7. The van der Waals surface area contributed by atoms with Gasteiger partial charge in [0.1, 0.15) is 5.75 Å². The summed E-state index contributed by atoms with van der Waals surface area (Å²) in [6, 6.07) is 5.75. The van der Waals surface area contributed by atoms with E-state index in [0.717, 1.165) is 52.8 Å². The summed E-state index contributed by atoms with van der Waals surface area (Å²) in [5.41, 5.74) is 0.723. The molecule has 0 heterocycles. The molecule has 0 atom stereocenters. The van der Waals surface area contributed by atoms with Crippen LogP contribution in [-0.2, 0) is 16.1 Å². The number of amides is 2. The topological polar surface area (TPSA) is 58.6 Å². The molecule has 5 nitrogen and oxygen atoms in total. The van der Waals surface area contributed by atoms with E-state index in [1.54, 1.807) is 19.1 Å². The van der Waals surface area contributed by atoms with Crippen molar-refractivity contribution in [1.82, 2.24) is 10.2 Å². The number of carbonyl (C=O) groups is 2. The molecule has 5 rings (SSSR count). The minimum absolute atomic E-state index is 0.0629. The van der Waals surface area contributed by atoms with Gasteiger partial charge >= 0.3 is 0 Å². The van der Waals surface area contributed by atoms with E-state index in [0.29, 0.717) is 6.54 Å². The van der Waals surface area contributed by atoms with Crippen LogP contribution in [0.3, 0.4) is 0 Å². The standard InChI is InChI=1S/C22H29BrN2O3/c1-25(13-17-8-18(23)3-4-19(17)28-2)20(26)12-24-21(27)22-9-14-5-15(10-22)7-16(6-14)11-22/h3-4,8,14-16H,5-7,9-13H2,1-2H3,(H,24,27). The fraction of sp³-hybridized carbons (Fsp3) is 0.636. The molecular weight excluding hydrogens is 420 g/mol. The Morgan fingerprint density at radius 3 is 2.36 bits per heavy atom. The first-order chi connectivity index (χ1) is 13.4. The van der Waals surface area contributed by atoms with Crippen molar-refractivity contribution in [2.24, 2.45) is 23.2 Å². The average molecular weight is 449 g/mol. The predicted octanol–water partition coefficient (Wildman–Crippen LogP) is 3.75. The van der Waals surface area contributed by atoms with E-state index in [4.69, 9.17) is 4.74 Å². The van der Waals surface area contributed by atoms with Gasteiger partial charge in [-0.3, -0.25) is 9.59 Å². The summed E-state index contributed by atoms with van der Waals surface area (Å²) in [7, 11) is 3.39. The van der Waals surface area contributed by atoms with Gasteiger partial charge in [0.05, 0.1) is 13.7 Å². The van der Waals surface area contributed by atoms with Gasteiger partial charge in [-0.25, -0.2) is 0 Å². The minimum Gasteiger partial charge on any atom is -0.496 e. The quantitative estimate of drug-likeness (QED) is 0.720. The van der Waals surface area contributed by atoms with Crippen molar-refractivity contribution < 1.29 is 14.3 Å². The fourth-order valence-electron chi connectivity index (χ4n) is 6.08. The molecule has 4 saturated carbocycles. The molecule has 0 unspecified atom stereocenters. The van der Waals surface area contributed by atoms with Gasteiger partial charge in [0, 0.05) is 29.0 Å². The molecule has 0 saturated heterocycles.